The molecule has 11 heavy (non-hydrogen) atoms. The summed E-state index contributed by atoms with van der Waals surface area (Å²) in [6.45, 7) is 1.97. The van der Waals surface area contributed by atoms with E-state index in [0.29, 0.717) is 5.02 Å². The fourth-order valence-corrected chi connectivity index (χ4v) is 1.23. The minimum atomic E-state index is 0.663. The van der Waals surface area contributed by atoms with Crippen LogP contribution in [0.1, 0.15) is 5.56 Å². The molecule has 0 bridgehead atoms. The summed E-state index contributed by atoms with van der Waals surface area (Å²) in [5.74, 6) is 0. The quantitative estimate of drug-likeness (QED) is 0.652. The summed E-state index contributed by atoms with van der Waals surface area (Å²) in [6.07, 6.45) is 0. The average molecular weight is 168 g/mol. The Morgan fingerprint density at radius 1 is 1.45 bits per heavy atom. The minimum absolute atomic E-state index is 0.663. The van der Waals surface area contributed by atoms with Gasteiger partial charge in [-0.1, -0.05) is 22.9 Å². The zero-order valence-corrected chi connectivity index (χ0v) is 6.68. The summed E-state index contributed by atoms with van der Waals surface area (Å²) in [6, 6.07) is 3.76. The number of hydrogen-bond acceptors (Lipinski definition) is 2. The van der Waals surface area contributed by atoms with Crippen LogP contribution in [0.2, 0.25) is 5.02 Å². The van der Waals surface area contributed by atoms with E-state index in [-0.39, 0.29) is 0 Å². The van der Waals surface area contributed by atoms with Crippen molar-refractivity contribution in [2.45, 2.75) is 6.92 Å². The SMILES string of the molecule is Cc1ccc(Cl)c2[nH]nnc12. The van der Waals surface area contributed by atoms with Gasteiger partial charge < -0.3 is 0 Å². The van der Waals surface area contributed by atoms with Gasteiger partial charge in [0.25, 0.3) is 0 Å². The molecule has 0 aliphatic rings. The van der Waals surface area contributed by atoms with Crippen LogP contribution in [0.3, 0.4) is 0 Å². The van der Waals surface area contributed by atoms with E-state index in [4.69, 9.17) is 11.6 Å². The van der Waals surface area contributed by atoms with Crippen molar-refractivity contribution in [3.05, 3.63) is 22.7 Å². The molecule has 0 unspecified atom stereocenters. The zero-order valence-electron chi connectivity index (χ0n) is 5.93. The summed E-state index contributed by atoms with van der Waals surface area (Å²) < 4.78 is 0. The van der Waals surface area contributed by atoms with Crippen LogP contribution in [0, 0.1) is 6.92 Å². The van der Waals surface area contributed by atoms with Crippen LogP contribution in [0.25, 0.3) is 11.0 Å². The van der Waals surface area contributed by atoms with Crippen LogP contribution >= 0.6 is 11.6 Å². The molecule has 0 saturated heterocycles. The van der Waals surface area contributed by atoms with Gasteiger partial charge in [-0.05, 0) is 18.6 Å². The van der Waals surface area contributed by atoms with E-state index >= 15 is 0 Å². The van der Waals surface area contributed by atoms with Gasteiger partial charge in [0.1, 0.15) is 11.0 Å². The second-order valence-electron chi connectivity index (χ2n) is 2.40. The lowest BCUT2D eigenvalue weighted by Gasteiger charge is -1.93. The fraction of sp³-hybridized carbons (Fsp3) is 0.143. The molecule has 4 heteroatoms. The fourth-order valence-electron chi connectivity index (χ4n) is 1.03. The Balaban J connectivity index is 2.96. The maximum Gasteiger partial charge on any atom is 0.117 e. The van der Waals surface area contributed by atoms with Crippen molar-refractivity contribution in [2.24, 2.45) is 0 Å². The maximum atomic E-state index is 5.86. The third-order valence-electron chi connectivity index (χ3n) is 1.64. The molecular weight excluding hydrogens is 162 g/mol. The first-order valence-electron chi connectivity index (χ1n) is 3.25. The largest absolute Gasteiger partial charge is 0.256 e. The number of nitrogens with zero attached hydrogens (tertiary/aromatic N) is 2. The molecular formula is C7H6ClN3. The Bertz CT molecular complexity index is 357. The lowest BCUT2D eigenvalue weighted by molar-refractivity contribution is 0.958. The topological polar surface area (TPSA) is 41.6 Å². The Labute approximate surface area is 68.4 Å². The summed E-state index contributed by atoms with van der Waals surface area (Å²) in [5, 5.41) is 11.0. The van der Waals surface area contributed by atoms with Gasteiger partial charge in [-0.3, -0.25) is 5.10 Å². The molecule has 2 rings (SSSR count). The minimum Gasteiger partial charge on any atom is -0.256 e. The first-order chi connectivity index (χ1) is 5.29. The Hall–Kier alpha value is -1.09. The maximum absolute atomic E-state index is 5.86. The molecule has 2 aromatic rings. The molecule has 0 fully saturated rings. The highest BCUT2D eigenvalue weighted by atomic mass is 35.5. The zero-order chi connectivity index (χ0) is 7.84. The molecule has 0 atom stereocenters. The summed E-state index contributed by atoms with van der Waals surface area (Å²) in [7, 11) is 0. The second-order valence-corrected chi connectivity index (χ2v) is 2.81. The predicted molar refractivity (Wildman–Crippen MR) is 43.6 cm³/mol. The number of hydrogen-bond donors (Lipinski definition) is 1. The van der Waals surface area contributed by atoms with Gasteiger partial charge in [-0.25, -0.2) is 0 Å². The summed E-state index contributed by atoms with van der Waals surface area (Å²) in [5.41, 5.74) is 2.74. The first kappa shape index (κ1) is 6.61. The lowest BCUT2D eigenvalue weighted by atomic mass is 10.2. The Morgan fingerprint density at radius 2 is 2.27 bits per heavy atom. The van der Waals surface area contributed by atoms with E-state index in [9.17, 15) is 0 Å². The Morgan fingerprint density at radius 3 is 3.00 bits per heavy atom. The van der Waals surface area contributed by atoms with Crippen molar-refractivity contribution in [1.29, 1.82) is 0 Å². The van der Waals surface area contributed by atoms with Gasteiger partial charge in [-0.2, -0.15) is 0 Å². The molecule has 0 spiro atoms. The van der Waals surface area contributed by atoms with E-state index in [1.165, 1.54) is 0 Å². The van der Waals surface area contributed by atoms with Gasteiger partial charge >= 0.3 is 0 Å². The van der Waals surface area contributed by atoms with E-state index < -0.39 is 0 Å². The molecule has 0 aliphatic carbocycles. The first-order valence-corrected chi connectivity index (χ1v) is 3.62. The highest BCUT2D eigenvalue weighted by Crippen LogP contribution is 2.21. The van der Waals surface area contributed by atoms with Gasteiger partial charge in [0.2, 0.25) is 0 Å². The molecule has 1 heterocycles. The molecule has 0 radical (unpaired) electrons. The van der Waals surface area contributed by atoms with Crippen molar-refractivity contribution < 1.29 is 0 Å². The van der Waals surface area contributed by atoms with Gasteiger partial charge in [-0.15, -0.1) is 5.10 Å². The monoisotopic (exact) mass is 167 g/mol. The predicted octanol–water partition coefficient (Wildman–Crippen LogP) is 1.92. The Kier molecular flexibility index (Phi) is 1.32. The average Bonchev–Trinajstić information content (AvgIpc) is 2.45. The molecule has 1 N–H and O–H groups in total. The van der Waals surface area contributed by atoms with Crippen molar-refractivity contribution in [2.75, 3.05) is 0 Å². The molecule has 0 saturated carbocycles. The number of benzene rings is 1. The van der Waals surface area contributed by atoms with Crippen LogP contribution in [0.4, 0.5) is 0 Å². The van der Waals surface area contributed by atoms with E-state index in [2.05, 4.69) is 15.4 Å². The normalized spacial score (nSPS) is 10.7. The highest BCUT2D eigenvalue weighted by Gasteiger charge is 2.03. The third-order valence-corrected chi connectivity index (χ3v) is 1.96. The third kappa shape index (κ3) is 0.886. The van der Waals surface area contributed by atoms with Crippen molar-refractivity contribution >= 4 is 22.6 Å². The molecule has 3 nitrogen and oxygen atoms in total. The number of aromatic nitrogens is 3. The van der Waals surface area contributed by atoms with Gasteiger partial charge in [0, 0.05) is 0 Å². The van der Waals surface area contributed by atoms with Crippen LogP contribution < -0.4 is 0 Å². The van der Waals surface area contributed by atoms with Crippen molar-refractivity contribution in [1.82, 2.24) is 15.4 Å². The smallest absolute Gasteiger partial charge is 0.117 e. The highest BCUT2D eigenvalue weighted by molar-refractivity contribution is 6.34. The van der Waals surface area contributed by atoms with E-state index in [1.54, 1.807) is 0 Å². The number of nitrogens with one attached hydrogen (secondary N) is 1. The number of rotatable bonds is 0. The standard InChI is InChI=1S/C7H6ClN3/c1-4-2-3-5(8)7-6(4)9-11-10-7/h2-3H,1H3,(H,9,10,11). The van der Waals surface area contributed by atoms with Crippen molar-refractivity contribution in [3.8, 4) is 0 Å². The number of H-pyrrole nitrogens is 1. The summed E-state index contributed by atoms with van der Waals surface area (Å²) >= 11 is 5.86. The van der Waals surface area contributed by atoms with E-state index in [1.807, 2.05) is 19.1 Å². The number of aromatic amines is 1. The van der Waals surface area contributed by atoms with E-state index in [0.717, 1.165) is 16.6 Å². The number of fused-ring (bicyclic) bond motifs is 1. The lowest BCUT2D eigenvalue weighted by Crippen LogP contribution is -1.76. The molecule has 0 aliphatic heterocycles. The van der Waals surface area contributed by atoms with Crippen LogP contribution in [0.15, 0.2) is 12.1 Å². The molecule has 56 valence electrons. The van der Waals surface area contributed by atoms with Gasteiger partial charge in [0.05, 0.1) is 5.02 Å². The second kappa shape index (κ2) is 2.20. The molecule has 1 aromatic heterocycles. The van der Waals surface area contributed by atoms with Crippen LogP contribution in [-0.2, 0) is 0 Å². The van der Waals surface area contributed by atoms with Crippen molar-refractivity contribution in [3.63, 3.8) is 0 Å². The number of halogens is 1. The van der Waals surface area contributed by atoms with Crippen LogP contribution in [-0.4, -0.2) is 15.4 Å². The molecule has 0 amide bonds. The van der Waals surface area contributed by atoms with Gasteiger partial charge in [0.15, 0.2) is 0 Å². The number of aryl methyl sites for hydroxylation is 1. The van der Waals surface area contributed by atoms with Crippen LogP contribution in [0.5, 0.6) is 0 Å². The molecule has 1 aromatic carbocycles. The summed E-state index contributed by atoms with van der Waals surface area (Å²) in [4.78, 5) is 0.